The number of carbonyl (C=O) groups excluding carboxylic acids is 1. The van der Waals surface area contributed by atoms with Crippen LogP contribution in [0.25, 0.3) is 11.0 Å². The van der Waals surface area contributed by atoms with Crippen LogP contribution in [0.15, 0.2) is 73.1 Å². The molecule has 5 nitrogen and oxygen atoms in total. The molecule has 1 unspecified atom stereocenters. The molecule has 0 spiro atoms. The van der Waals surface area contributed by atoms with Gasteiger partial charge in [0.25, 0.3) is 0 Å². The van der Waals surface area contributed by atoms with Crippen molar-refractivity contribution in [3.05, 3.63) is 100 Å². The number of hydrogen-bond donors (Lipinski definition) is 0. The molecule has 0 N–H and O–H groups in total. The normalized spacial score (nSPS) is 15.6. The molecule has 34 heavy (non-hydrogen) atoms. The van der Waals surface area contributed by atoms with Crippen LogP contribution in [0.2, 0.25) is 5.02 Å². The second-order valence-electron chi connectivity index (χ2n) is 9.08. The summed E-state index contributed by atoms with van der Waals surface area (Å²) in [5.74, 6) is 0.139. The molecule has 4 aromatic rings. The number of fused-ring (bicyclic) bond motifs is 1. The van der Waals surface area contributed by atoms with E-state index in [0.29, 0.717) is 19.6 Å². The summed E-state index contributed by atoms with van der Waals surface area (Å²) in [4.78, 5) is 22.1. The molecule has 0 bridgehead atoms. The molecule has 1 saturated heterocycles. The lowest BCUT2D eigenvalue weighted by Gasteiger charge is -2.40. The summed E-state index contributed by atoms with van der Waals surface area (Å²) >= 11 is 6.15. The van der Waals surface area contributed by atoms with Crippen molar-refractivity contribution in [1.82, 2.24) is 19.4 Å². The lowest BCUT2D eigenvalue weighted by atomic mass is 9.96. The average Bonchev–Trinajstić information content (AvgIpc) is 3.23. The molecule has 6 heteroatoms. The molecular formula is C28H29ClN4O. The molecule has 0 aliphatic carbocycles. The maximum Gasteiger partial charge on any atom is 0.242 e. The van der Waals surface area contributed by atoms with Gasteiger partial charge in [-0.25, -0.2) is 4.98 Å². The zero-order chi connectivity index (χ0) is 23.7. The first kappa shape index (κ1) is 22.6. The Kier molecular flexibility index (Phi) is 6.40. The van der Waals surface area contributed by atoms with Crippen molar-refractivity contribution >= 4 is 28.5 Å². The van der Waals surface area contributed by atoms with E-state index in [2.05, 4.69) is 72.3 Å². The second kappa shape index (κ2) is 9.61. The zero-order valence-corrected chi connectivity index (χ0v) is 20.4. The van der Waals surface area contributed by atoms with E-state index in [1.54, 1.807) is 6.33 Å². The van der Waals surface area contributed by atoms with Crippen LogP contribution in [0.1, 0.15) is 28.3 Å². The topological polar surface area (TPSA) is 41.4 Å². The van der Waals surface area contributed by atoms with Gasteiger partial charge in [0, 0.05) is 31.2 Å². The summed E-state index contributed by atoms with van der Waals surface area (Å²) in [6, 6.07) is 23.0. The molecule has 174 valence electrons. The van der Waals surface area contributed by atoms with E-state index in [9.17, 15) is 4.79 Å². The third-order valence-electron chi connectivity index (χ3n) is 6.88. The Labute approximate surface area is 205 Å². The van der Waals surface area contributed by atoms with Crippen LogP contribution in [-0.4, -0.2) is 51.4 Å². The minimum Gasteiger partial charge on any atom is -0.339 e. The van der Waals surface area contributed by atoms with Crippen molar-refractivity contribution in [3.8, 4) is 0 Å². The van der Waals surface area contributed by atoms with Gasteiger partial charge in [0.1, 0.15) is 6.54 Å². The molecule has 1 amide bonds. The first-order valence-electron chi connectivity index (χ1n) is 11.7. The maximum absolute atomic E-state index is 13.2. The third-order valence-corrected chi connectivity index (χ3v) is 7.13. The Morgan fingerprint density at radius 2 is 1.56 bits per heavy atom. The summed E-state index contributed by atoms with van der Waals surface area (Å²) in [5.41, 5.74) is 6.85. The average molecular weight is 473 g/mol. The number of piperazine rings is 1. The minimum absolute atomic E-state index is 0.138. The van der Waals surface area contributed by atoms with Crippen LogP contribution in [0.3, 0.4) is 0 Å². The number of nitrogens with zero attached hydrogens (tertiary/aromatic N) is 4. The van der Waals surface area contributed by atoms with E-state index in [0.717, 1.165) is 29.1 Å². The monoisotopic (exact) mass is 472 g/mol. The number of halogens is 1. The summed E-state index contributed by atoms with van der Waals surface area (Å²) in [6.07, 6.45) is 1.78. The van der Waals surface area contributed by atoms with Crippen molar-refractivity contribution in [2.75, 3.05) is 26.2 Å². The number of carbonyl (C=O) groups is 1. The fraction of sp³-hybridized carbons (Fsp3) is 0.286. The minimum atomic E-state index is 0.138. The van der Waals surface area contributed by atoms with Gasteiger partial charge >= 0.3 is 0 Å². The molecule has 5 rings (SSSR count). The molecule has 1 aliphatic rings. The maximum atomic E-state index is 13.2. The molecule has 0 saturated carbocycles. The van der Waals surface area contributed by atoms with Crippen LogP contribution < -0.4 is 0 Å². The Hall–Kier alpha value is -3.15. The fourth-order valence-electron chi connectivity index (χ4n) is 4.81. The van der Waals surface area contributed by atoms with Gasteiger partial charge < -0.3 is 9.47 Å². The van der Waals surface area contributed by atoms with Gasteiger partial charge in [-0.3, -0.25) is 9.69 Å². The Balaban J connectivity index is 1.30. The van der Waals surface area contributed by atoms with Crippen LogP contribution in [0.4, 0.5) is 0 Å². The summed E-state index contributed by atoms with van der Waals surface area (Å²) in [7, 11) is 0. The number of benzene rings is 3. The number of aromatic nitrogens is 2. The van der Waals surface area contributed by atoms with Crippen molar-refractivity contribution in [3.63, 3.8) is 0 Å². The van der Waals surface area contributed by atoms with Gasteiger partial charge in [-0.05, 0) is 60.4 Å². The van der Waals surface area contributed by atoms with Gasteiger partial charge in [0.05, 0.1) is 23.4 Å². The molecule has 1 fully saturated rings. The smallest absolute Gasteiger partial charge is 0.242 e. The Morgan fingerprint density at radius 1 is 0.912 bits per heavy atom. The number of imidazole rings is 1. The molecular weight excluding hydrogens is 444 g/mol. The predicted molar refractivity (Wildman–Crippen MR) is 137 cm³/mol. The van der Waals surface area contributed by atoms with Crippen LogP contribution >= 0.6 is 11.6 Å². The molecule has 3 aromatic carbocycles. The van der Waals surface area contributed by atoms with Gasteiger partial charge in [-0.1, -0.05) is 54.1 Å². The predicted octanol–water partition coefficient (Wildman–Crippen LogP) is 5.24. The quantitative estimate of drug-likeness (QED) is 0.399. The van der Waals surface area contributed by atoms with E-state index in [-0.39, 0.29) is 11.9 Å². The van der Waals surface area contributed by atoms with E-state index < -0.39 is 0 Å². The number of rotatable bonds is 5. The number of hydrogen-bond acceptors (Lipinski definition) is 3. The van der Waals surface area contributed by atoms with Crippen molar-refractivity contribution in [1.29, 1.82) is 0 Å². The first-order valence-corrected chi connectivity index (χ1v) is 12.1. The lowest BCUT2D eigenvalue weighted by molar-refractivity contribution is -0.133. The highest BCUT2D eigenvalue weighted by molar-refractivity contribution is 6.30. The van der Waals surface area contributed by atoms with Crippen LogP contribution in [0, 0.1) is 13.8 Å². The third kappa shape index (κ3) is 4.59. The zero-order valence-electron chi connectivity index (χ0n) is 19.6. The Morgan fingerprint density at radius 3 is 2.26 bits per heavy atom. The first-order chi connectivity index (χ1) is 16.5. The Bertz CT molecular complexity index is 1290. The van der Waals surface area contributed by atoms with E-state index in [1.807, 2.05) is 27.7 Å². The van der Waals surface area contributed by atoms with Gasteiger partial charge in [0.15, 0.2) is 0 Å². The standard InChI is InChI=1S/C28H29ClN4O/c1-20-16-25-26(17-21(20)2)33(19-30-25)18-27(34)31-12-14-32(15-13-31)28(22-6-4-3-5-7-22)23-8-10-24(29)11-9-23/h3-11,16-17,19,28H,12-15,18H2,1-2H3. The van der Waals surface area contributed by atoms with Gasteiger partial charge in [-0.2, -0.15) is 0 Å². The SMILES string of the molecule is Cc1cc2ncn(CC(=O)N3CCN(C(c4ccccc4)c4ccc(Cl)cc4)CC3)c2cc1C. The molecule has 1 atom stereocenters. The highest BCUT2D eigenvalue weighted by Gasteiger charge is 2.28. The summed E-state index contributed by atoms with van der Waals surface area (Å²) in [5, 5.41) is 0.739. The number of aryl methyl sites for hydroxylation is 2. The fourth-order valence-corrected chi connectivity index (χ4v) is 4.93. The van der Waals surface area contributed by atoms with E-state index >= 15 is 0 Å². The largest absolute Gasteiger partial charge is 0.339 e. The van der Waals surface area contributed by atoms with Crippen molar-refractivity contribution < 1.29 is 4.79 Å². The second-order valence-corrected chi connectivity index (χ2v) is 9.52. The molecule has 0 radical (unpaired) electrons. The number of amides is 1. The highest BCUT2D eigenvalue weighted by Crippen LogP contribution is 2.30. The van der Waals surface area contributed by atoms with Crippen LogP contribution in [0.5, 0.6) is 0 Å². The van der Waals surface area contributed by atoms with Gasteiger partial charge in [0.2, 0.25) is 5.91 Å². The summed E-state index contributed by atoms with van der Waals surface area (Å²) < 4.78 is 1.97. The molecule has 2 heterocycles. The van der Waals surface area contributed by atoms with Crippen LogP contribution in [-0.2, 0) is 11.3 Å². The van der Waals surface area contributed by atoms with Crippen molar-refractivity contribution in [2.24, 2.45) is 0 Å². The van der Waals surface area contributed by atoms with E-state index in [1.165, 1.54) is 22.3 Å². The van der Waals surface area contributed by atoms with Crippen molar-refractivity contribution in [2.45, 2.75) is 26.4 Å². The summed E-state index contributed by atoms with van der Waals surface area (Å²) in [6.45, 7) is 7.55. The molecule has 1 aliphatic heterocycles. The lowest BCUT2D eigenvalue weighted by Crippen LogP contribution is -2.50. The molecule has 1 aromatic heterocycles. The van der Waals surface area contributed by atoms with E-state index in [4.69, 9.17) is 11.6 Å². The highest BCUT2D eigenvalue weighted by atomic mass is 35.5. The van der Waals surface area contributed by atoms with Gasteiger partial charge in [-0.15, -0.1) is 0 Å².